The van der Waals surface area contributed by atoms with Crippen LogP contribution in [0.1, 0.15) is 52.0 Å². The third-order valence-corrected chi connectivity index (χ3v) is 6.44. The zero-order valence-electron chi connectivity index (χ0n) is 17.4. The molecule has 2 aromatic carbocycles. The van der Waals surface area contributed by atoms with Crippen LogP contribution in [0.25, 0.3) is 0 Å². The maximum Gasteiger partial charge on any atom is 0.254 e. The SMILES string of the molecule is O=C([C@H]1c2ccccc2C(=O)N(CCc2ccccc2)[C@@H]1c1ccco1)N1CCCC1. The van der Waals surface area contributed by atoms with E-state index in [4.69, 9.17) is 4.42 Å². The number of carbonyl (C=O) groups excluding carboxylic acids is 2. The molecule has 2 atom stereocenters. The molecule has 2 aliphatic rings. The van der Waals surface area contributed by atoms with Gasteiger partial charge in [0.15, 0.2) is 0 Å². The third-order valence-electron chi connectivity index (χ3n) is 6.44. The number of hydrogen-bond donors (Lipinski definition) is 0. The van der Waals surface area contributed by atoms with E-state index in [2.05, 4.69) is 12.1 Å². The topological polar surface area (TPSA) is 53.8 Å². The summed E-state index contributed by atoms with van der Waals surface area (Å²) in [4.78, 5) is 31.1. The number of likely N-dealkylation sites (tertiary alicyclic amines) is 1. The Morgan fingerprint density at radius 3 is 2.42 bits per heavy atom. The predicted octanol–water partition coefficient (Wildman–Crippen LogP) is 4.43. The molecule has 158 valence electrons. The average molecular weight is 415 g/mol. The summed E-state index contributed by atoms with van der Waals surface area (Å²) in [6.07, 6.45) is 4.40. The van der Waals surface area contributed by atoms with Gasteiger partial charge >= 0.3 is 0 Å². The highest BCUT2D eigenvalue weighted by molar-refractivity contribution is 6.01. The van der Waals surface area contributed by atoms with Crippen LogP contribution in [0.2, 0.25) is 0 Å². The lowest BCUT2D eigenvalue weighted by molar-refractivity contribution is -0.133. The standard InChI is InChI=1S/C26H26N2O3/c29-25-21-12-5-4-11-20(21)23(26(30)27-15-6-7-16-27)24(22-13-8-18-31-22)28(25)17-14-19-9-2-1-3-10-19/h1-5,8-13,18,23-24H,6-7,14-17H2/t23-,24+/m0/s1. The van der Waals surface area contributed by atoms with Crippen molar-refractivity contribution >= 4 is 11.8 Å². The highest BCUT2D eigenvalue weighted by Gasteiger charge is 2.46. The zero-order valence-corrected chi connectivity index (χ0v) is 17.4. The van der Waals surface area contributed by atoms with E-state index >= 15 is 0 Å². The van der Waals surface area contributed by atoms with Crippen molar-refractivity contribution in [2.45, 2.75) is 31.2 Å². The monoisotopic (exact) mass is 414 g/mol. The van der Waals surface area contributed by atoms with E-state index in [-0.39, 0.29) is 11.8 Å². The zero-order chi connectivity index (χ0) is 21.2. The van der Waals surface area contributed by atoms with Crippen LogP contribution < -0.4 is 0 Å². The number of fused-ring (bicyclic) bond motifs is 1. The van der Waals surface area contributed by atoms with Gasteiger partial charge in [0.25, 0.3) is 5.91 Å². The Morgan fingerprint density at radius 2 is 1.68 bits per heavy atom. The van der Waals surface area contributed by atoms with E-state index in [9.17, 15) is 9.59 Å². The van der Waals surface area contributed by atoms with E-state index in [1.807, 2.05) is 64.4 Å². The molecular weight excluding hydrogens is 388 g/mol. The van der Waals surface area contributed by atoms with E-state index in [1.54, 1.807) is 6.26 Å². The molecule has 3 aromatic rings. The molecule has 3 heterocycles. The minimum absolute atomic E-state index is 0.0431. The fourth-order valence-corrected chi connectivity index (χ4v) is 4.91. The second-order valence-electron chi connectivity index (χ2n) is 8.29. The molecule has 5 nitrogen and oxygen atoms in total. The molecule has 0 N–H and O–H groups in total. The summed E-state index contributed by atoms with van der Waals surface area (Å²) in [7, 11) is 0. The lowest BCUT2D eigenvalue weighted by Crippen LogP contribution is -2.48. The molecule has 0 spiro atoms. The Kier molecular flexibility index (Phi) is 5.33. The molecule has 5 heteroatoms. The fourth-order valence-electron chi connectivity index (χ4n) is 4.91. The van der Waals surface area contributed by atoms with Crippen molar-refractivity contribution in [1.82, 2.24) is 9.80 Å². The molecule has 0 bridgehead atoms. The molecule has 0 radical (unpaired) electrons. The molecule has 2 aliphatic heterocycles. The van der Waals surface area contributed by atoms with Crippen molar-refractivity contribution in [2.75, 3.05) is 19.6 Å². The van der Waals surface area contributed by atoms with Crippen molar-refractivity contribution < 1.29 is 14.0 Å². The van der Waals surface area contributed by atoms with Gasteiger partial charge in [0.05, 0.1) is 12.2 Å². The Morgan fingerprint density at radius 1 is 0.935 bits per heavy atom. The number of carbonyl (C=O) groups is 2. The second kappa shape index (κ2) is 8.42. The maximum atomic E-state index is 13.7. The van der Waals surface area contributed by atoms with Crippen LogP contribution in [0.4, 0.5) is 0 Å². The summed E-state index contributed by atoms with van der Waals surface area (Å²) in [6.45, 7) is 2.08. The van der Waals surface area contributed by atoms with Gasteiger partial charge in [-0.2, -0.15) is 0 Å². The Labute approximate surface area is 182 Å². The molecule has 5 rings (SSSR count). The average Bonchev–Trinajstić information content (AvgIpc) is 3.53. The van der Waals surface area contributed by atoms with E-state index in [1.165, 1.54) is 0 Å². The molecule has 1 aromatic heterocycles. The summed E-state index contributed by atoms with van der Waals surface area (Å²) < 4.78 is 5.80. The Bertz CT molecular complexity index is 1060. The Hall–Kier alpha value is -3.34. The van der Waals surface area contributed by atoms with Crippen LogP contribution in [0.15, 0.2) is 77.4 Å². The van der Waals surface area contributed by atoms with Crippen molar-refractivity contribution in [3.05, 3.63) is 95.4 Å². The van der Waals surface area contributed by atoms with Crippen molar-refractivity contribution in [3.63, 3.8) is 0 Å². The minimum Gasteiger partial charge on any atom is -0.467 e. The van der Waals surface area contributed by atoms with Gasteiger partial charge in [0.2, 0.25) is 5.91 Å². The maximum absolute atomic E-state index is 13.7. The van der Waals surface area contributed by atoms with Crippen LogP contribution in [0, 0.1) is 0 Å². The highest BCUT2D eigenvalue weighted by Crippen LogP contribution is 2.44. The van der Waals surface area contributed by atoms with Crippen LogP contribution >= 0.6 is 0 Å². The van der Waals surface area contributed by atoms with Crippen molar-refractivity contribution in [2.24, 2.45) is 0 Å². The number of furan rings is 1. The summed E-state index contributed by atoms with van der Waals surface area (Å²) >= 11 is 0. The number of rotatable bonds is 5. The number of nitrogens with zero attached hydrogens (tertiary/aromatic N) is 2. The normalized spacial score (nSPS) is 20.7. The predicted molar refractivity (Wildman–Crippen MR) is 118 cm³/mol. The van der Waals surface area contributed by atoms with Gasteiger partial charge < -0.3 is 14.2 Å². The molecule has 0 unspecified atom stereocenters. The third kappa shape index (κ3) is 3.65. The lowest BCUT2D eigenvalue weighted by atomic mass is 9.80. The van der Waals surface area contributed by atoms with Gasteiger partial charge in [-0.1, -0.05) is 48.5 Å². The number of benzene rings is 2. The Balaban J connectivity index is 1.57. The van der Waals surface area contributed by atoms with Gasteiger partial charge in [-0.15, -0.1) is 0 Å². The molecule has 0 saturated carbocycles. The van der Waals surface area contributed by atoms with Gasteiger partial charge in [-0.05, 0) is 48.6 Å². The minimum atomic E-state index is -0.464. The molecule has 1 saturated heterocycles. The molecule has 2 amide bonds. The summed E-state index contributed by atoms with van der Waals surface area (Å²) in [5.41, 5.74) is 2.59. The summed E-state index contributed by atoms with van der Waals surface area (Å²) in [5, 5.41) is 0. The first-order valence-electron chi connectivity index (χ1n) is 11.0. The lowest BCUT2D eigenvalue weighted by Gasteiger charge is -2.41. The first-order chi connectivity index (χ1) is 15.2. The van der Waals surface area contributed by atoms with Crippen molar-refractivity contribution in [3.8, 4) is 0 Å². The van der Waals surface area contributed by atoms with E-state index in [0.29, 0.717) is 17.9 Å². The molecule has 31 heavy (non-hydrogen) atoms. The second-order valence-corrected chi connectivity index (χ2v) is 8.29. The fraction of sp³-hybridized carbons (Fsp3) is 0.308. The van der Waals surface area contributed by atoms with Gasteiger partial charge in [0, 0.05) is 25.2 Å². The first-order valence-corrected chi connectivity index (χ1v) is 11.0. The molecule has 0 aliphatic carbocycles. The number of amides is 2. The van der Waals surface area contributed by atoms with E-state index < -0.39 is 12.0 Å². The van der Waals surface area contributed by atoms with Crippen LogP contribution in [0.3, 0.4) is 0 Å². The van der Waals surface area contributed by atoms with Gasteiger partial charge in [-0.3, -0.25) is 9.59 Å². The smallest absolute Gasteiger partial charge is 0.254 e. The summed E-state index contributed by atoms with van der Waals surface area (Å²) in [5.74, 6) is 0.240. The van der Waals surface area contributed by atoms with E-state index in [0.717, 1.165) is 43.5 Å². The number of hydrogen-bond acceptors (Lipinski definition) is 3. The first kappa shape index (κ1) is 19.6. The highest BCUT2D eigenvalue weighted by atomic mass is 16.3. The largest absolute Gasteiger partial charge is 0.467 e. The van der Waals surface area contributed by atoms with Crippen molar-refractivity contribution in [1.29, 1.82) is 0 Å². The van der Waals surface area contributed by atoms with Gasteiger partial charge in [-0.25, -0.2) is 0 Å². The van der Waals surface area contributed by atoms with Gasteiger partial charge in [0.1, 0.15) is 11.8 Å². The van der Waals surface area contributed by atoms with Crippen LogP contribution in [0.5, 0.6) is 0 Å². The molecule has 1 fully saturated rings. The molecular formula is C26H26N2O3. The van der Waals surface area contributed by atoms with Crippen LogP contribution in [-0.4, -0.2) is 41.2 Å². The van der Waals surface area contributed by atoms with Crippen LogP contribution in [-0.2, 0) is 11.2 Å². The quantitative estimate of drug-likeness (QED) is 0.621. The summed E-state index contributed by atoms with van der Waals surface area (Å²) in [6, 6.07) is 20.9.